The summed E-state index contributed by atoms with van der Waals surface area (Å²) in [5, 5.41) is 4.11. The number of hydrogen-bond acceptors (Lipinski definition) is 4. The summed E-state index contributed by atoms with van der Waals surface area (Å²) < 4.78 is 22.7. The maximum absolute atomic E-state index is 11.9. The van der Waals surface area contributed by atoms with Crippen molar-refractivity contribution < 1.29 is 13.2 Å². The number of carbonyl (C=O) groups excluding carboxylic acids is 1. The van der Waals surface area contributed by atoms with Crippen LogP contribution in [0.4, 0.5) is 0 Å². The predicted molar refractivity (Wildman–Crippen MR) is 83.0 cm³/mol. The summed E-state index contributed by atoms with van der Waals surface area (Å²) in [5.74, 6) is -0.785. The molecule has 0 radical (unpaired) electrons. The third-order valence-electron chi connectivity index (χ3n) is 3.72. The average Bonchev–Trinajstić information content (AvgIpc) is 2.79. The van der Waals surface area contributed by atoms with E-state index in [1.807, 2.05) is 39.0 Å². The second-order valence-corrected chi connectivity index (χ2v) is 7.82. The van der Waals surface area contributed by atoms with Crippen LogP contribution >= 0.6 is 0 Å². The van der Waals surface area contributed by atoms with E-state index in [0.29, 0.717) is 12.1 Å². The molecule has 1 aliphatic heterocycles. The molecule has 1 aliphatic rings. The summed E-state index contributed by atoms with van der Waals surface area (Å²) in [6, 6.07) is 6.05. The maximum atomic E-state index is 11.9. The Morgan fingerprint density at radius 3 is 2.67 bits per heavy atom. The first kappa shape index (κ1) is 15.7. The largest absolute Gasteiger partial charge is 0.273 e. The fourth-order valence-corrected chi connectivity index (χ4v) is 4.16. The second-order valence-electron chi connectivity index (χ2n) is 5.59. The third kappa shape index (κ3) is 3.91. The summed E-state index contributed by atoms with van der Waals surface area (Å²) >= 11 is 0. The molecule has 0 unspecified atom stereocenters. The van der Waals surface area contributed by atoms with Crippen LogP contribution in [0.15, 0.2) is 23.3 Å². The van der Waals surface area contributed by atoms with E-state index in [1.165, 1.54) is 0 Å². The van der Waals surface area contributed by atoms with Gasteiger partial charge >= 0.3 is 0 Å². The summed E-state index contributed by atoms with van der Waals surface area (Å²) in [6.45, 7) is 5.81. The first-order valence-corrected chi connectivity index (χ1v) is 8.73. The molecule has 21 heavy (non-hydrogen) atoms. The van der Waals surface area contributed by atoms with E-state index in [0.717, 1.165) is 16.7 Å². The lowest BCUT2D eigenvalue weighted by molar-refractivity contribution is -0.124. The Balaban J connectivity index is 2.07. The van der Waals surface area contributed by atoms with Crippen LogP contribution in [0.1, 0.15) is 30.0 Å². The highest BCUT2D eigenvalue weighted by molar-refractivity contribution is 7.91. The van der Waals surface area contributed by atoms with Gasteiger partial charge in [0.15, 0.2) is 9.84 Å². The minimum absolute atomic E-state index is 0.0725. The Kier molecular flexibility index (Phi) is 4.46. The standard InChI is InChI=1S/C15H20N2O3S/c1-10-4-5-11(2)14(8-10)12(3)16-17-15(18)13-6-7-21(19,20)9-13/h4-5,8,13H,6-7,9H2,1-3H3,(H,17,18)/b16-12-/t13-/m1/s1. The average molecular weight is 308 g/mol. The van der Waals surface area contributed by atoms with Crippen LogP contribution < -0.4 is 5.43 Å². The van der Waals surface area contributed by atoms with Crippen molar-refractivity contribution in [3.05, 3.63) is 34.9 Å². The summed E-state index contributed by atoms with van der Waals surface area (Å²) in [6.07, 6.45) is 0.381. The number of hydrogen-bond donors (Lipinski definition) is 1. The SMILES string of the molecule is C/C(=N/NC(=O)[C@@H]1CCS(=O)(=O)C1)c1cc(C)ccc1C. The highest BCUT2D eigenvalue weighted by atomic mass is 32.2. The van der Waals surface area contributed by atoms with Crippen molar-refractivity contribution in [3.63, 3.8) is 0 Å². The van der Waals surface area contributed by atoms with Crippen molar-refractivity contribution >= 4 is 21.5 Å². The molecule has 1 atom stereocenters. The zero-order valence-corrected chi connectivity index (χ0v) is 13.3. The molecule has 6 heteroatoms. The molecule has 1 fully saturated rings. The first-order chi connectivity index (χ1) is 9.78. The van der Waals surface area contributed by atoms with Gasteiger partial charge in [0.25, 0.3) is 0 Å². The molecule has 1 amide bonds. The van der Waals surface area contributed by atoms with Crippen LogP contribution in [-0.4, -0.2) is 31.5 Å². The molecule has 1 aromatic rings. The van der Waals surface area contributed by atoms with Gasteiger partial charge in [-0.2, -0.15) is 5.10 Å². The molecule has 0 bridgehead atoms. The van der Waals surface area contributed by atoms with Gasteiger partial charge in [-0.1, -0.05) is 17.7 Å². The van der Waals surface area contributed by atoms with Crippen molar-refractivity contribution in [2.75, 3.05) is 11.5 Å². The lowest BCUT2D eigenvalue weighted by atomic mass is 10.0. The normalized spacial score (nSPS) is 21.3. The van der Waals surface area contributed by atoms with Crippen molar-refractivity contribution in [3.8, 4) is 0 Å². The molecule has 1 heterocycles. The van der Waals surface area contributed by atoms with E-state index in [9.17, 15) is 13.2 Å². The van der Waals surface area contributed by atoms with Crippen LogP contribution in [0.3, 0.4) is 0 Å². The lowest BCUT2D eigenvalue weighted by Crippen LogP contribution is -2.28. The minimum atomic E-state index is -3.05. The van der Waals surface area contributed by atoms with Crippen LogP contribution in [0.2, 0.25) is 0 Å². The maximum Gasteiger partial charge on any atom is 0.244 e. The first-order valence-electron chi connectivity index (χ1n) is 6.91. The van der Waals surface area contributed by atoms with Crippen molar-refractivity contribution in [1.82, 2.24) is 5.43 Å². The fraction of sp³-hybridized carbons (Fsp3) is 0.467. The van der Waals surface area contributed by atoms with Crippen molar-refractivity contribution in [1.29, 1.82) is 0 Å². The molecule has 0 spiro atoms. The van der Waals surface area contributed by atoms with Crippen molar-refractivity contribution in [2.45, 2.75) is 27.2 Å². The van der Waals surface area contributed by atoms with Crippen molar-refractivity contribution in [2.24, 2.45) is 11.0 Å². The number of hydrazone groups is 1. The van der Waals surface area contributed by atoms with Gasteiger partial charge in [-0.25, -0.2) is 13.8 Å². The smallest absolute Gasteiger partial charge is 0.244 e. The zero-order valence-electron chi connectivity index (χ0n) is 12.5. The molecular formula is C15H20N2O3S. The van der Waals surface area contributed by atoms with Gasteiger partial charge in [0.05, 0.1) is 23.1 Å². The molecule has 2 rings (SSSR count). The molecule has 1 aromatic carbocycles. The third-order valence-corrected chi connectivity index (χ3v) is 5.49. The summed E-state index contributed by atoms with van der Waals surface area (Å²) in [4.78, 5) is 11.9. The van der Waals surface area contributed by atoms with Gasteiger partial charge in [0.1, 0.15) is 0 Å². The number of nitrogens with zero attached hydrogens (tertiary/aromatic N) is 1. The number of benzene rings is 1. The van der Waals surface area contributed by atoms with Crippen LogP contribution in [0.5, 0.6) is 0 Å². The molecule has 0 saturated carbocycles. The number of aryl methyl sites for hydroxylation is 2. The van der Waals surface area contributed by atoms with Crippen LogP contribution in [0.25, 0.3) is 0 Å². The number of rotatable bonds is 3. The van der Waals surface area contributed by atoms with E-state index in [4.69, 9.17) is 0 Å². The topological polar surface area (TPSA) is 75.6 Å². The predicted octanol–water partition coefficient (Wildman–Crippen LogP) is 1.58. The second kappa shape index (κ2) is 5.97. The monoisotopic (exact) mass is 308 g/mol. The van der Waals surface area contributed by atoms with Crippen LogP contribution in [-0.2, 0) is 14.6 Å². The van der Waals surface area contributed by atoms with E-state index in [-0.39, 0.29) is 17.4 Å². The van der Waals surface area contributed by atoms with E-state index >= 15 is 0 Å². The number of nitrogens with one attached hydrogen (secondary N) is 1. The molecule has 5 nitrogen and oxygen atoms in total. The zero-order chi connectivity index (χ0) is 15.6. The Bertz CT molecular complexity index is 693. The van der Waals surface area contributed by atoms with E-state index in [1.54, 1.807) is 0 Å². The molecule has 1 saturated heterocycles. The Morgan fingerprint density at radius 2 is 2.05 bits per heavy atom. The quantitative estimate of drug-likeness (QED) is 0.680. The number of sulfone groups is 1. The van der Waals surface area contributed by atoms with Gasteiger partial charge in [0.2, 0.25) is 5.91 Å². The van der Waals surface area contributed by atoms with Gasteiger partial charge in [-0.05, 0) is 38.8 Å². The van der Waals surface area contributed by atoms with E-state index in [2.05, 4.69) is 10.5 Å². The highest BCUT2D eigenvalue weighted by Gasteiger charge is 2.32. The van der Waals surface area contributed by atoms with Crippen LogP contribution in [0, 0.1) is 19.8 Å². The molecule has 1 N–H and O–H groups in total. The van der Waals surface area contributed by atoms with Gasteiger partial charge < -0.3 is 0 Å². The molecular weight excluding hydrogens is 288 g/mol. The molecule has 114 valence electrons. The Hall–Kier alpha value is -1.69. The van der Waals surface area contributed by atoms with E-state index < -0.39 is 15.8 Å². The lowest BCUT2D eigenvalue weighted by Gasteiger charge is -2.09. The van der Waals surface area contributed by atoms with Gasteiger partial charge in [-0.3, -0.25) is 4.79 Å². The van der Waals surface area contributed by atoms with Gasteiger partial charge in [0, 0.05) is 5.56 Å². The highest BCUT2D eigenvalue weighted by Crippen LogP contribution is 2.18. The number of amides is 1. The molecule has 0 aromatic heterocycles. The summed E-state index contributed by atoms with van der Waals surface area (Å²) in [5.41, 5.74) is 6.39. The Morgan fingerprint density at radius 1 is 1.33 bits per heavy atom. The number of carbonyl (C=O) groups is 1. The van der Waals surface area contributed by atoms with Gasteiger partial charge in [-0.15, -0.1) is 0 Å². The minimum Gasteiger partial charge on any atom is -0.273 e. The Labute approximate surface area is 125 Å². The fourth-order valence-electron chi connectivity index (χ4n) is 2.42. The molecule has 0 aliphatic carbocycles. The summed E-state index contributed by atoms with van der Waals surface area (Å²) in [7, 11) is -3.05.